The Kier molecular flexibility index (Phi) is 7.10. The maximum Gasteiger partial charge on any atom is 0.298 e. The van der Waals surface area contributed by atoms with Crippen LogP contribution in [0.15, 0.2) is 83.8 Å². The average Bonchev–Trinajstić information content (AvgIpc) is 3.36. The second kappa shape index (κ2) is 10.6. The van der Waals surface area contributed by atoms with Crippen molar-refractivity contribution in [3.8, 4) is 17.5 Å². The number of imide groups is 1. The third-order valence-electron chi connectivity index (χ3n) is 6.26. The molecule has 1 aliphatic rings. The maximum atomic E-state index is 13.1. The SMILES string of the molecule is Cc1cc(/C=C2/SC(=O)N(c3ccc(Cl)cc3)C2=O)c(C)n1-c1ccc(OCc2ccccc2C#N)cc1. The zero-order valence-corrected chi connectivity index (χ0v) is 22.2. The first-order chi connectivity index (χ1) is 18.4. The fraction of sp³-hybridized carbons (Fsp3) is 0.100. The Hall–Kier alpha value is -4.25. The third-order valence-corrected chi connectivity index (χ3v) is 7.38. The highest BCUT2D eigenvalue weighted by atomic mass is 35.5. The second-order valence-corrected chi connectivity index (χ2v) is 10.1. The van der Waals surface area contributed by atoms with Gasteiger partial charge < -0.3 is 9.30 Å². The predicted octanol–water partition coefficient (Wildman–Crippen LogP) is 7.44. The Morgan fingerprint density at radius 2 is 1.66 bits per heavy atom. The van der Waals surface area contributed by atoms with E-state index in [-0.39, 0.29) is 11.1 Å². The largest absolute Gasteiger partial charge is 0.489 e. The quantitative estimate of drug-likeness (QED) is 0.238. The van der Waals surface area contributed by atoms with Crippen molar-refractivity contribution < 1.29 is 14.3 Å². The number of carbonyl (C=O) groups is 2. The van der Waals surface area contributed by atoms with Crippen LogP contribution in [0.2, 0.25) is 5.02 Å². The van der Waals surface area contributed by atoms with E-state index in [0.717, 1.165) is 40.0 Å². The fourth-order valence-corrected chi connectivity index (χ4v) is 5.32. The normalized spacial score (nSPS) is 14.3. The molecule has 3 aromatic carbocycles. The van der Waals surface area contributed by atoms with E-state index in [1.165, 1.54) is 4.90 Å². The number of hydrogen-bond acceptors (Lipinski definition) is 5. The number of thioether (sulfide) groups is 1. The summed E-state index contributed by atoms with van der Waals surface area (Å²) in [5.41, 5.74) is 5.66. The van der Waals surface area contributed by atoms with Crippen LogP contribution in [0, 0.1) is 25.2 Å². The number of aryl methyl sites for hydroxylation is 1. The first kappa shape index (κ1) is 25.4. The lowest BCUT2D eigenvalue weighted by Gasteiger charge is -2.12. The number of ether oxygens (including phenoxy) is 1. The molecule has 38 heavy (non-hydrogen) atoms. The Morgan fingerprint density at radius 1 is 0.974 bits per heavy atom. The number of carbonyl (C=O) groups excluding carboxylic acids is 2. The van der Waals surface area contributed by atoms with Gasteiger partial charge in [-0.25, -0.2) is 4.90 Å². The summed E-state index contributed by atoms with van der Waals surface area (Å²) >= 11 is 6.87. The van der Waals surface area contributed by atoms with Crippen molar-refractivity contribution in [2.75, 3.05) is 4.90 Å². The molecule has 0 aliphatic carbocycles. The molecule has 5 rings (SSSR count). The molecule has 1 saturated heterocycles. The van der Waals surface area contributed by atoms with E-state index in [1.54, 1.807) is 36.4 Å². The highest BCUT2D eigenvalue weighted by molar-refractivity contribution is 8.19. The number of amides is 2. The summed E-state index contributed by atoms with van der Waals surface area (Å²) < 4.78 is 7.99. The molecule has 0 radical (unpaired) electrons. The predicted molar refractivity (Wildman–Crippen MR) is 151 cm³/mol. The number of hydrogen-bond donors (Lipinski definition) is 0. The van der Waals surface area contributed by atoms with E-state index >= 15 is 0 Å². The number of benzene rings is 3. The number of nitriles is 1. The zero-order valence-electron chi connectivity index (χ0n) is 20.6. The summed E-state index contributed by atoms with van der Waals surface area (Å²) in [6, 6.07) is 25.9. The Bertz CT molecular complexity index is 1620. The van der Waals surface area contributed by atoms with Gasteiger partial charge in [0, 0.05) is 27.7 Å². The first-order valence-corrected chi connectivity index (χ1v) is 13.0. The monoisotopic (exact) mass is 539 g/mol. The number of aromatic nitrogens is 1. The molecule has 2 amide bonds. The van der Waals surface area contributed by atoms with E-state index in [0.29, 0.717) is 33.5 Å². The van der Waals surface area contributed by atoms with Crippen molar-refractivity contribution in [3.63, 3.8) is 0 Å². The van der Waals surface area contributed by atoms with Crippen LogP contribution in [-0.2, 0) is 11.4 Å². The molecule has 1 fully saturated rings. The summed E-state index contributed by atoms with van der Waals surface area (Å²) in [5.74, 6) is 0.339. The average molecular weight is 540 g/mol. The highest BCUT2D eigenvalue weighted by Crippen LogP contribution is 2.37. The van der Waals surface area contributed by atoms with E-state index in [1.807, 2.05) is 62.4 Å². The molecule has 2 heterocycles. The maximum absolute atomic E-state index is 13.1. The smallest absolute Gasteiger partial charge is 0.298 e. The van der Waals surface area contributed by atoms with Crippen LogP contribution >= 0.6 is 23.4 Å². The van der Waals surface area contributed by atoms with Gasteiger partial charge in [-0.3, -0.25) is 9.59 Å². The van der Waals surface area contributed by atoms with Crippen LogP contribution < -0.4 is 9.64 Å². The number of halogens is 1. The number of rotatable bonds is 6. The molecular formula is C30H22ClN3O3S. The van der Waals surface area contributed by atoms with Gasteiger partial charge in [-0.05, 0) is 97.9 Å². The summed E-state index contributed by atoms with van der Waals surface area (Å²) in [7, 11) is 0. The molecule has 6 nitrogen and oxygen atoms in total. The highest BCUT2D eigenvalue weighted by Gasteiger charge is 2.36. The van der Waals surface area contributed by atoms with E-state index < -0.39 is 0 Å². The minimum atomic E-state index is -0.355. The summed E-state index contributed by atoms with van der Waals surface area (Å²) in [6.07, 6.45) is 1.77. The third kappa shape index (κ3) is 4.97. The summed E-state index contributed by atoms with van der Waals surface area (Å²) in [6.45, 7) is 4.28. The topological polar surface area (TPSA) is 75.3 Å². The van der Waals surface area contributed by atoms with Gasteiger partial charge in [-0.2, -0.15) is 5.26 Å². The van der Waals surface area contributed by atoms with Crippen LogP contribution in [0.4, 0.5) is 10.5 Å². The molecule has 1 aromatic heterocycles. The van der Waals surface area contributed by atoms with Crippen molar-refractivity contribution in [2.45, 2.75) is 20.5 Å². The van der Waals surface area contributed by atoms with Crippen molar-refractivity contribution >= 4 is 46.3 Å². The minimum Gasteiger partial charge on any atom is -0.489 e. The van der Waals surface area contributed by atoms with Crippen LogP contribution in [0.5, 0.6) is 5.75 Å². The number of nitrogens with zero attached hydrogens (tertiary/aromatic N) is 3. The van der Waals surface area contributed by atoms with Gasteiger partial charge in [-0.15, -0.1) is 0 Å². The molecule has 1 aliphatic heterocycles. The zero-order chi connectivity index (χ0) is 26.8. The van der Waals surface area contributed by atoms with Gasteiger partial charge in [0.25, 0.3) is 11.1 Å². The molecule has 8 heteroatoms. The second-order valence-electron chi connectivity index (χ2n) is 8.71. The van der Waals surface area contributed by atoms with Crippen molar-refractivity contribution in [2.24, 2.45) is 0 Å². The molecule has 0 saturated carbocycles. The minimum absolute atomic E-state index is 0.305. The van der Waals surface area contributed by atoms with Crippen LogP contribution in [0.25, 0.3) is 11.8 Å². The molecule has 0 unspecified atom stereocenters. The lowest BCUT2D eigenvalue weighted by molar-refractivity contribution is -0.113. The first-order valence-electron chi connectivity index (χ1n) is 11.8. The molecule has 0 bridgehead atoms. The molecular weight excluding hydrogens is 518 g/mol. The van der Waals surface area contributed by atoms with E-state index in [4.69, 9.17) is 16.3 Å². The van der Waals surface area contributed by atoms with Gasteiger partial charge in [-0.1, -0.05) is 29.8 Å². The summed E-state index contributed by atoms with van der Waals surface area (Å²) in [4.78, 5) is 27.2. The Labute approximate surface area is 229 Å². The molecule has 0 atom stereocenters. The van der Waals surface area contributed by atoms with E-state index in [9.17, 15) is 14.9 Å². The van der Waals surface area contributed by atoms with Crippen LogP contribution in [0.1, 0.15) is 28.1 Å². The lowest BCUT2D eigenvalue weighted by Crippen LogP contribution is -2.27. The molecule has 0 N–H and O–H groups in total. The molecule has 188 valence electrons. The lowest BCUT2D eigenvalue weighted by atomic mass is 10.1. The van der Waals surface area contributed by atoms with Gasteiger partial charge in [0.05, 0.1) is 22.2 Å². The van der Waals surface area contributed by atoms with Gasteiger partial charge in [0.15, 0.2) is 0 Å². The van der Waals surface area contributed by atoms with Crippen molar-refractivity contribution in [1.29, 1.82) is 5.26 Å². The van der Waals surface area contributed by atoms with Crippen LogP contribution in [0.3, 0.4) is 0 Å². The Balaban J connectivity index is 1.35. The van der Waals surface area contributed by atoms with Crippen molar-refractivity contribution in [1.82, 2.24) is 4.57 Å². The standard InChI is InChI=1S/C30H22ClN3O3S/c1-19-15-23(16-28-29(35)34(30(36)38-28)26-9-7-24(31)8-10-26)20(2)33(19)25-11-13-27(14-12-25)37-18-22-6-4-3-5-21(22)17-32/h3-16H,18H2,1-2H3/b28-16+. The molecule has 0 spiro atoms. The van der Waals surface area contributed by atoms with Crippen molar-refractivity contribution in [3.05, 3.63) is 117 Å². The number of anilines is 1. The summed E-state index contributed by atoms with van der Waals surface area (Å²) in [5, 5.41) is 9.46. The van der Waals surface area contributed by atoms with E-state index in [2.05, 4.69) is 10.6 Å². The van der Waals surface area contributed by atoms with Gasteiger partial charge in [0.1, 0.15) is 12.4 Å². The van der Waals surface area contributed by atoms with Crippen LogP contribution in [-0.4, -0.2) is 15.7 Å². The Morgan fingerprint density at radius 3 is 2.37 bits per heavy atom. The van der Waals surface area contributed by atoms with Gasteiger partial charge in [0.2, 0.25) is 0 Å². The van der Waals surface area contributed by atoms with Gasteiger partial charge >= 0.3 is 0 Å². The fourth-order valence-electron chi connectivity index (χ4n) is 4.36. The molecule has 4 aromatic rings.